The molecule has 1 aliphatic heterocycles. The van der Waals surface area contributed by atoms with Crippen molar-refractivity contribution in [2.75, 3.05) is 11.4 Å². The number of rotatable bonds is 9. The molecule has 1 aliphatic carbocycles. The molecule has 2 aliphatic rings. The van der Waals surface area contributed by atoms with Gasteiger partial charge in [0.2, 0.25) is 11.2 Å². The lowest BCUT2D eigenvalue weighted by atomic mass is 9.93. The highest BCUT2D eigenvalue weighted by molar-refractivity contribution is 7.86. The van der Waals surface area contributed by atoms with E-state index in [4.69, 9.17) is 11.6 Å². The van der Waals surface area contributed by atoms with Crippen molar-refractivity contribution in [3.8, 4) is 0 Å². The molecule has 8 nitrogen and oxygen atoms in total. The van der Waals surface area contributed by atoms with Gasteiger partial charge in [-0.2, -0.15) is 13.0 Å². The smallest absolute Gasteiger partial charge is 0.295 e. The van der Waals surface area contributed by atoms with Crippen molar-refractivity contribution in [2.24, 2.45) is 0 Å². The number of anilines is 1. The molecule has 0 bridgehead atoms. The number of hydrogen-bond acceptors (Lipinski definition) is 6. The van der Waals surface area contributed by atoms with E-state index in [0.717, 1.165) is 106 Å². The van der Waals surface area contributed by atoms with E-state index in [2.05, 4.69) is 47.6 Å². The predicted octanol–water partition coefficient (Wildman–Crippen LogP) is 9.44. The quantitative estimate of drug-likeness (QED) is 0.0902. The van der Waals surface area contributed by atoms with Gasteiger partial charge in [-0.3, -0.25) is 4.55 Å². The van der Waals surface area contributed by atoms with Gasteiger partial charge in [-0.25, -0.2) is 8.42 Å². The molecule has 0 unspecified atom stereocenters. The second kappa shape index (κ2) is 14.7. The van der Waals surface area contributed by atoms with Crippen molar-refractivity contribution in [1.29, 1.82) is 0 Å². The summed E-state index contributed by atoms with van der Waals surface area (Å²) in [5, 5.41) is 3.98. The van der Waals surface area contributed by atoms with Crippen LogP contribution in [0.2, 0.25) is 0 Å². The van der Waals surface area contributed by atoms with Crippen molar-refractivity contribution >= 4 is 82.1 Å². The molecule has 0 saturated heterocycles. The summed E-state index contributed by atoms with van der Waals surface area (Å²) >= 11 is 7.09. The molecule has 0 radical (unpaired) electrons. The molecule has 0 amide bonds. The molecule has 0 atom stereocenters. The zero-order valence-corrected chi connectivity index (χ0v) is 31.8. The molecule has 272 valence electrons. The third kappa shape index (κ3) is 7.10. The zero-order chi connectivity index (χ0) is 37.5. The number of fused-ring (bicyclic) bond motifs is 6. The SMILES string of the molecule is CCCN1/C(=C/C=C2\CCCC(/C=C/c3ccc4c5cccc(S(=O)(=O)[O-])c5ccc4[n+]3CCC)=C2Cl)C=Cc2c1ccc1c(S(=O)(=O)O)cccc21. The van der Waals surface area contributed by atoms with Crippen LogP contribution in [-0.4, -0.2) is 32.5 Å². The monoisotopic (exact) mass is 766 g/mol. The molecule has 0 saturated carbocycles. The lowest BCUT2D eigenvalue weighted by molar-refractivity contribution is -0.673. The van der Waals surface area contributed by atoms with Gasteiger partial charge in [0.05, 0.1) is 10.3 Å². The summed E-state index contributed by atoms with van der Waals surface area (Å²) in [7, 11) is -8.99. The minimum absolute atomic E-state index is 0.105. The molecule has 1 N–H and O–H groups in total. The molecule has 0 spiro atoms. The highest BCUT2D eigenvalue weighted by atomic mass is 35.5. The van der Waals surface area contributed by atoms with E-state index in [1.807, 2.05) is 48.6 Å². The fraction of sp³-hybridized carbons (Fsp3) is 0.214. The molecule has 5 aromatic rings. The van der Waals surface area contributed by atoms with E-state index in [0.29, 0.717) is 10.8 Å². The second-order valence-electron chi connectivity index (χ2n) is 13.3. The Kier molecular flexibility index (Phi) is 10.2. The van der Waals surface area contributed by atoms with E-state index >= 15 is 0 Å². The standard InChI is InChI=1S/C42H39ClN2O6S2/c1-3-26-44-30(18-20-34-32-10-6-12-40(52(46,47)48)36(32)22-24-38(34)44)16-14-28-8-5-9-29(42(28)43)15-17-31-19-21-35-33-11-7-13-41(53(49,50)51)37(33)23-25-39(35)45(31)27-4-2/h6-7,10-25H,3-5,8-9,26-27H2,1-2H3,(H-,46,47,48,49,50,51). The lowest BCUT2D eigenvalue weighted by Gasteiger charge is -2.31. The van der Waals surface area contributed by atoms with Crippen LogP contribution in [0.15, 0.2) is 129 Å². The molecule has 7 rings (SSSR count). The molecule has 1 aromatic heterocycles. The average Bonchev–Trinajstić information content (AvgIpc) is 3.13. The summed E-state index contributed by atoms with van der Waals surface area (Å²) in [5.41, 5.74) is 6.89. The summed E-state index contributed by atoms with van der Waals surface area (Å²) < 4.78 is 72.0. The molecule has 11 heteroatoms. The maximum absolute atomic E-state index is 12.1. The lowest BCUT2D eigenvalue weighted by Crippen LogP contribution is -2.37. The van der Waals surface area contributed by atoms with Gasteiger partial charge in [0, 0.05) is 63.9 Å². The number of halogens is 1. The topological polar surface area (TPSA) is 119 Å². The maximum Gasteiger partial charge on any atom is 0.295 e. The van der Waals surface area contributed by atoms with E-state index < -0.39 is 20.2 Å². The maximum atomic E-state index is 12.1. The van der Waals surface area contributed by atoms with E-state index in [-0.39, 0.29) is 9.79 Å². The predicted molar refractivity (Wildman–Crippen MR) is 212 cm³/mol. The summed E-state index contributed by atoms with van der Waals surface area (Å²) in [4.78, 5) is 1.91. The normalized spacial score (nSPS) is 17.0. The first-order chi connectivity index (χ1) is 25.4. The van der Waals surface area contributed by atoms with Crippen molar-refractivity contribution in [3.63, 3.8) is 0 Å². The fourth-order valence-corrected chi connectivity index (χ4v) is 9.27. The molecule has 0 fully saturated rings. The number of aryl methyl sites for hydroxylation is 1. The molecular weight excluding hydrogens is 728 g/mol. The third-order valence-corrected chi connectivity index (χ3v) is 12.2. The van der Waals surface area contributed by atoms with Crippen LogP contribution in [-0.2, 0) is 26.8 Å². The molecule has 2 heterocycles. The zero-order valence-electron chi connectivity index (χ0n) is 29.4. The Bertz CT molecular complexity index is 2690. The van der Waals surface area contributed by atoms with E-state index in [9.17, 15) is 25.9 Å². The van der Waals surface area contributed by atoms with Crippen LogP contribution in [0.25, 0.3) is 44.6 Å². The number of allylic oxidation sites excluding steroid dienone is 7. The molecule has 4 aromatic carbocycles. The minimum Gasteiger partial charge on any atom is -0.744 e. The summed E-state index contributed by atoms with van der Waals surface area (Å²) in [5.74, 6) is 0. The Labute approximate surface area is 315 Å². The Morgan fingerprint density at radius 3 is 2.25 bits per heavy atom. The Hall–Kier alpha value is -4.58. The van der Waals surface area contributed by atoms with Crippen molar-refractivity contribution < 1.29 is 30.5 Å². The van der Waals surface area contributed by atoms with Crippen molar-refractivity contribution in [2.45, 2.75) is 62.3 Å². The first-order valence-corrected chi connectivity index (χ1v) is 20.9. The van der Waals surface area contributed by atoms with Crippen LogP contribution in [0.5, 0.6) is 0 Å². The van der Waals surface area contributed by atoms with Crippen LogP contribution < -0.4 is 9.47 Å². The number of aromatic nitrogens is 1. The highest BCUT2D eigenvalue weighted by Gasteiger charge is 2.23. The van der Waals surface area contributed by atoms with Gasteiger partial charge in [-0.1, -0.05) is 74.0 Å². The van der Waals surface area contributed by atoms with Gasteiger partial charge >= 0.3 is 0 Å². The van der Waals surface area contributed by atoms with Crippen molar-refractivity contribution in [1.82, 2.24) is 0 Å². The van der Waals surface area contributed by atoms with Gasteiger partial charge in [0.1, 0.15) is 21.6 Å². The molecular formula is C42H39ClN2O6S2. The number of benzene rings is 4. The fourth-order valence-electron chi connectivity index (χ4n) is 7.56. The van der Waals surface area contributed by atoms with E-state index in [1.54, 1.807) is 24.3 Å². The van der Waals surface area contributed by atoms with Crippen molar-refractivity contribution in [3.05, 3.63) is 130 Å². The summed E-state index contributed by atoms with van der Waals surface area (Å²) in [6, 6.07) is 21.0. The summed E-state index contributed by atoms with van der Waals surface area (Å²) in [6.07, 6.45) is 16.8. The van der Waals surface area contributed by atoms with Gasteiger partial charge in [-0.15, -0.1) is 0 Å². The minimum atomic E-state index is -4.62. The van der Waals surface area contributed by atoms with Gasteiger partial charge in [0.25, 0.3) is 10.1 Å². The van der Waals surface area contributed by atoms with Gasteiger partial charge < -0.3 is 9.45 Å². The number of nitrogens with zero attached hydrogens (tertiary/aromatic N) is 2. The number of pyridine rings is 1. The molecule has 53 heavy (non-hydrogen) atoms. The van der Waals surface area contributed by atoms with Crippen LogP contribution in [0, 0.1) is 0 Å². The highest BCUT2D eigenvalue weighted by Crippen LogP contribution is 2.39. The largest absolute Gasteiger partial charge is 0.744 e. The Morgan fingerprint density at radius 2 is 1.51 bits per heavy atom. The number of hydrogen-bond donors (Lipinski definition) is 1. The van der Waals surface area contributed by atoms with Gasteiger partial charge in [-0.05, 0) is 90.1 Å². The summed E-state index contributed by atoms with van der Waals surface area (Å²) in [6.45, 7) is 5.73. The van der Waals surface area contributed by atoms with Crippen LogP contribution in [0.1, 0.15) is 57.2 Å². The average molecular weight is 767 g/mol. The third-order valence-electron chi connectivity index (χ3n) is 9.93. The van der Waals surface area contributed by atoms with Crippen LogP contribution in [0.4, 0.5) is 5.69 Å². The second-order valence-corrected chi connectivity index (χ2v) is 16.4. The van der Waals surface area contributed by atoms with Crippen LogP contribution in [0.3, 0.4) is 0 Å². The first-order valence-electron chi connectivity index (χ1n) is 17.7. The van der Waals surface area contributed by atoms with Gasteiger partial charge in [0.15, 0.2) is 0 Å². The Morgan fingerprint density at radius 1 is 0.792 bits per heavy atom. The Balaban J connectivity index is 1.22. The van der Waals surface area contributed by atoms with Crippen LogP contribution >= 0.6 is 11.6 Å². The van der Waals surface area contributed by atoms with E-state index in [1.165, 1.54) is 12.1 Å². The first kappa shape index (κ1) is 36.8.